The SMILES string of the molecule is CCOc1cc(C=Nc2ccc(OC)cc2)cc(I)c1OCc1cccc(Cl)c1. The topological polar surface area (TPSA) is 40.0 Å². The molecular formula is C23H21ClINO3. The van der Waals surface area contributed by atoms with Gasteiger partial charge in [0.25, 0.3) is 0 Å². The molecular weight excluding hydrogens is 501 g/mol. The van der Waals surface area contributed by atoms with E-state index in [1.807, 2.05) is 73.8 Å². The van der Waals surface area contributed by atoms with Crippen molar-refractivity contribution < 1.29 is 14.2 Å². The Bertz CT molecular complexity index is 990. The molecule has 0 amide bonds. The molecule has 0 aromatic heterocycles. The van der Waals surface area contributed by atoms with Crippen molar-refractivity contribution in [1.82, 2.24) is 0 Å². The average Bonchev–Trinajstić information content (AvgIpc) is 2.72. The average molecular weight is 522 g/mol. The zero-order valence-corrected chi connectivity index (χ0v) is 19.1. The molecule has 4 nitrogen and oxygen atoms in total. The lowest BCUT2D eigenvalue weighted by Gasteiger charge is -2.15. The van der Waals surface area contributed by atoms with Crippen LogP contribution in [0.15, 0.2) is 65.7 Å². The van der Waals surface area contributed by atoms with E-state index in [0.29, 0.717) is 29.7 Å². The molecule has 3 rings (SSSR count). The van der Waals surface area contributed by atoms with Crippen LogP contribution in [-0.2, 0) is 6.61 Å². The first-order valence-corrected chi connectivity index (χ1v) is 10.6. The predicted molar refractivity (Wildman–Crippen MR) is 126 cm³/mol. The van der Waals surface area contributed by atoms with Gasteiger partial charge in [-0.2, -0.15) is 0 Å². The van der Waals surface area contributed by atoms with Crippen molar-refractivity contribution in [3.63, 3.8) is 0 Å². The molecule has 29 heavy (non-hydrogen) atoms. The molecule has 3 aromatic rings. The Morgan fingerprint density at radius 3 is 2.52 bits per heavy atom. The quantitative estimate of drug-likeness (QED) is 0.245. The molecule has 0 aliphatic heterocycles. The minimum atomic E-state index is 0.413. The largest absolute Gasteiger partial charge is 0.497 e. The molecule has 0 spiro atoms. The maximum Gasteiger partial charge on any atom is 0.175 e. The number of rotatable bonds is 8. The number of hydrogen-bond acceptors (Lipinski definition) is 4. The van der Waals surface area contributed by atoms with Crippen molar-refractivity contribution in [3.05, 3.63) is 80.4 Å². The summed E-state index contributed by atoms with van der Waals surface area (Å²) in [5.74, 6) is 2.21. The fourth-order valence-electron chi connectivity index (χ4n) is 2.67. The molecule has 0 unspecified atom stereocenters. The number of benzene rings is 3. The van der Waals surface area contributed by atoms with Crippen molar-refractivity contribution in [3.8, 4) is 17.2 Å². The molecule has 0 saturated carbocycles. The lowest BCUT2D eigenvalue weighted by atomic mass is 10.2. The van der Waals surface area contributed by atoms with E-state index in [1.54, 1.807) is 7.11 Å². The zero-order valence-electron chi connectivity index (χ0n) is 16.2. The van der Waals surface area contributed by atoms with Crippen molar-refractivity contribution in [2.75, 3.05) is 13.7 Å². The van der Waals surface area contributed by atoms with Crippen molar-refractivity contribution >= 4 is 46.1 Å². The number of hydrogen-bond donors (Lipinski definition) is 0. The first-order valence-electron chi connectivity index (χ1n) is 9.10. The highest BCUT2D eigenvalue weighted by Crippen LogP contribution is 2.35. The predicted octanol–water partition coefficient (Wildman–Crippen LogP) is 6.68. The van der Waals surface area contributed by atoms with E-state index in [9.17, 15) is 0 Å². The fourth-order valence-corrected chi connectivity index (χ4v) is 3.66. The molecule has 3 aromatic carbocycles. The summed E-state index contributed by atoms with van der Waals surface area (Å²) >= 11 is 8.31. The molecule has 6 heteroatoms. The number of ether oxygens (including phenoxy) is 3. The van der Waals surface area contributed by atoms with Gasteiger partial charge in [-0.3, -0.25) is 4.99 Å². The Balaban J connectivity index is 1.80. The first kappa shape index (κ1) is 21.5. The van der Waals surface area contributed by atoms with Gasteiger partial charge < -0.3 is 14.2 Å². The van der Waals surface area contributed by atoms with Crippen LogP contribution in [0.2, 0.25) is 5.02 Å². The molecule has 0 N–H and O–H groups in total. The van der Waals surface area contributed by atoms with E-state index in [4.69, 9.17) is 25.8 Å². The van der Waals surface area contributed by atoms with Crippen molar-refractivity contribution in [2.24, 2.45) is 4.99 Å². The first-order chi connectivity index (χ1) is 14.1. The Morgan fingerprint density at radius 1 is 1.03 bits per heavy atom. The van der Waals surface area contributed by atoms with Crippen molar-refractivity contribution in [2.45, 2.75) is 13.5 Å². The van der Waals surface area contributed by atoms with Crippen LogP contribution < -0.4 is 14.2 Å². The van der Waals surface area contributed by atoms with Gasteiger partial charge >= 0.3 is 0 Å². The van der Waals surface area contributed by atoms with E-state index < -0.39 is 0 Å². The third-order valence-electron chi connectivity index (χ3n) is 4.04. The van der Waals surface area contributed by atoms with Gasteiger partial charge in [0.2, 0.25) is 0 Å². The van der Waals surface area contributed by atoms with Gasteiger partial charge in [-0.25, -0.2) is 0 Å². The molecule has 0 aliphatic carbocycles. The molecule has 0 radical (unpaired) electrons. The van der Waals surface area contributed by atoms with Crippen LogP contribution in [0.1, 0.15) is 18.1 Å². The highest BCUT2D eigenvalue weighted by Gasteiger charge is 2.12. The molecule has 0 fully saturated rings. The molecule has 0 atom stereocenters. The minimum absolute atomic E-state index is 0.413. The van der Waals surface area contributed by atoms with Gasteiger partial charge in [0.15, 0.2) is 11.5 Å². The third kappa shape index (κ3) is 6.11. The minimum Gasteiger partial charge on any atom is -0.497 e. The van der Waals surface area contributed by atoms with Crippen LogP contribution in [0, 0.1) is 3.57 Å². The van der Waals surface area contributed by atoms with E-state index >= 15 is 0 Å². The van der Waals surface area contributed by atoms with Crippen LogP contribution in [0.4, 0.5) is 5.69 Å². The van der Waals surface area contributed by atoms with Crippen LogP contribution in [0.3, 0.4) is 0 Å². The Hall–Kier alpha value is -2.25. The van der Waals surface area contributed by atoms with Gasteiger partial charge in [0.05, 0.1) is 23.0 Å². The standard InChI is InChI=1S/C23H21ClINO3/c1-3-28-22-13-17(14-26-19-7-9-20(27-2)10-8-19)12-21(25)23(22)29-15-16-5-4-6-18(24)11-16/h4-14H,3,15H2,1-2H3. The highest BCUT2D eigenvalue weighted by atomic mass is 127. The number of methoxy groups -OCH3 is 1. The monoisotopic (exact) mass is 521 g/mol. The molecule has 0 bridgehead atoms. The van der Waals surface area contributed by atoms with Crippen LogP contribution in [0.5, 0.6) is 17.2 Å². The van der Waals surface area contributed by atoms with Crippen LogP contribution in [0.25, 0.3) is 0 Å². The summed E-state index contributed by atoms with van der Waals surface area (Å²) in [7, 11) is 1.64. The summed E-state index contributed by atoms with van der Waals surface area (Å²) in [4.78, 5) is 4.53. The summed E-state index contributed by atoms with van der Waals surface area (Å²) in [6, 6.07) is 19.2. The number of halogens is 2. The third-order valence-corrected chi connectivity index (χ3v) is 5.08. The smallest absolute Gasteiger partial charge is 0.175 e. The van der Waals surface area contributed by atoms with Gasteiger partial charge in [0, 0.05) is 11.2 Å². The summed E-state index contributed by atoms with van der Waals surface area (Å²) in [6.45, 7) is 2.91. The van der Waals surface area contributed by atoms with E-state index in [1.165, 1.54) is 0 Å². The molecule has 150 valence electrons. The number of nitrogens with zero attached hydrogens (tertiary/aromatic N) is 1. The summed E-state index contributed by atoms with van der Waals surface area (Å²) in [6.07, 6.45) is 1.81. The van der Waals surface area contributed by atoms with Gasteiger partial charge in [-0.15, -0.1) is 0 Å². The Kier molecular flexibility index (Phi) is 7.77. The second-order valence-corrected chi connectivity index (χ2v) is 7.74. The number of aliphatic imine (C=N–C) groups is 1. The lowest BCUT2D eigenvalue weighted by Crippen LogP contribution is -2.02. The highest BCUT2D eigenvalue weighted by molar-refractivity contribution is 14.1. The van der Waals surface area contributed by atoms with Crippen molar-refractivity contribution in [1.29, 1.82) is 0 Å². The Morgan fingerprint density at radius 2 is 1.83 bits per heavy atom. The lowest BCUT2D eigenvalue weighted by molar-refractivity contribution is 0.267. The van der Waals surface area contributed by atoms with Crippen LogP contribution >= 0.6 is 34.2 Å². The maximum atomic E-state index is 6.06. The normalized spacial score (nSPS) is 10.9. The molecule has 0 heterocycles. The second kappa shape index (κ2) is 10.5. The van der Waals surface area contributed by atoms with E-state index in [-0.39, 0.29) is 0 Å². The molecule has 0 saturated heterocycles. The maximum absolute atomic E-state index is 6.06. The Labute approximate surface area is 189 Å². The van der Waals surface area contributed by atoms with Crippen LogP contribution in [-0.4, -0.2) is 19.9 Å². The van der Waals surface area contributed by atoms with Gasteiger partial charge in [-0.05, 0) is 89.2 Å². The van der Waals surface area contributed by atoms with Gasteiger partial charge in [0.1, 0.15) is 12.4 Å². The summed E-state index contributed by atoms with van der Waals surface area (Å²) in [5.41, 5.74) is 2.78. The van der Waals surface area contributed by atoms with Gasteiger partial charge in [-0.1, -0.05) is 23.7 Å². The van der Waals surface area contributed by atoms with E-state index in [2.05, 4.69) is 27.6 Å². The summed E-state index contributed by atoms with van der Waals surface area (Å²) < 4.78 is 18.0. The molecule has 0 aliphatic rings. The fraction of sp³-hybridized carbons (Fsp3) is 0.174. The summed E-state index contributed by atoms with van der Waals surface area (Å²) in [5, 5.41) is 0.691. The van der Waals surface area contributed by atoms with E-state index in [0.717, 1.165) is 26.1 Å². The zero-order chi connectivity index (χ0) is 20.6. The second-order valence-electron chi connectivity index (χ2n) is 6.14.